The number of aliphatic carboxylic acids is 2. The fourth-order valence-corrected chi connectivity index (χ4v) is 5.97. The van der Waals surface area contributed by atoms with Crippen molar-refractivity contribution in [3.8, 4) is 0 Å². The minimum atomic E-state index is -1.02. The van der Waals surface area contributed by atoms with Crippen LogP contribution in [-0.4, -0.2) is 51.6 Å². The number of carboxylic acid groups (broad SMARTS) is 2. The zero-order chi connectivity index (χ0) is 26.2. The normalized spacial score (nSPS) is 12.9. The van der Waals surface area contributed by atoms with Crippen molar-refractivity contribution in [2.75, 3.05) is 11.5 Å². The summed E-state index contributed by atoms with van der Waals surface area (Å²) in [6, 6.07) is -1.75. The van der Waals surface area contributed by atoms with Gasteiger partial charge in [-0.15, -0.1) is 0 Å². The lowest BCUT2D eigenvalue weighted by molar-refractivity contribution is -0.142. The summed E-state index contributed by atoms with van der Waals surface area (Å²) in [4.78, 5) is 34.2. The zero-order valence-electron chi connectivity index (χ0n) is 21.8. The lowest BCUT2D eigenvalue weighted by Crippen LogP contribution is -2.41. The summed E-state index contributed by atoms with van der Waals surface area (Å²) >= 11 is 0. The SMILES string of the molecule is CCCCCCCCCCCCCCCCCC(=O)NC(CCSSCCC(N)C(=O)O)C(=O)O. The highest BCUT2D eigenvalue weighted by molar-refractivity contribution is 8.76. The number of amides is 1. The van der Waals surface area contributed by atoms with Crippen LogP contribution in [0.4, 0.5) is 0 Å². The molecule has 1 amide bonds. The van der Waals surface area contributed by atoms with Crippen LogP contribution in [0.25, 0.3) is 0 Å². The first-order chi connectivity index (χ1) is 16.9. The number of hydrogen-bond acceptors (Lipinski definition) is 6. The quantitative estimate of drug-likeness (QED) is 0.0742. The van der Waals surface area contributed by atoms with Crippen molar-refractivity contribution < 1.29 is 24.6 Å². The number of carbonyl (C=O) groups excluding carboxylic acids is 1. The summed E-state index contributed by atoms with van der Waals surface area (Å²) in [5.41, 5.74) is 5.44. The fourth-order valence-electron chi connectivity index (χ4n) is 3.76. The second-order valence-corrected chi connectivity index (χ2v) is 12.0. The Balaban J connectivity index is 3.60. The van der Waals surface area contributed by atoms with Crippen molar-refractivity contribution in [2.45, 2.75) is 135 Å². The number of nitrogens with two attached hydrogens (primary N) is 1. The van der Waals surface area contributed by atoms with Crippen molar-refractivity contribution in [1.82, 2.24) is 5.32 Å². The van der Waals surface area contributed by atoms with Crippen molar-refractivity contribution in [3.63, 3.8) is 0 Å². The van der Waals surface area contributed by atoms with E-state index in [-0.39, 0.29) is 5.91 Å². The van der Waals surface area contributed by atoms with Crippen molar-refractivity contribution in [3.05, 3.63) is 0 Å². The molecule has 0 bridgehead atoms. The average Bonchev–Trinajstić information content (AvgIpc) is 2.82. The van der Waals surface area contributed by atoms with E-state index in [0.717, 1.165) is 19.3 Å². The molecule has 35 heavy (non-hydrogen) atoms. The van der Waals surface area contributed by atoms with Gasteiger partial charge in [-0.1, -0.05) is 118 Å². The van der Waals surface area contributed by atoms with E-state index in [9.17, 15) is 19.5 Å². The van der Waals surface area contributed by atoms with Gasteiger partial charge in [0.15, 0.2) is 0 Å². The molecule has 0 saturated heterocycles. The van der Waals surface area contributed by atoms with Gasteiger partial charge in [-0.05, 0) is 19.3 Å². The molecule has 206 valence electrons. The van der Waals surface area contributed by atoms with Gasteiger partial charge in [-0.25, -0.2) is 4.79 Å². The molecule has 0 aromatic rings. The van der Waals surface area contributed by atoms with Crippen molar-refractivity contribution >= 4 is 39.4 Å². The van der Waals surface area contributed by atoms with Gasteiger partial charge in [0, 0.05) is 17.9 Å². The molecule has 5 N–H and O–H groups in total. The van der Waals surface area contributed by atoms with E-state index in [1.54, 1.807) is 0 Å². The minimum Gasteiger partial charge on any atom is -0.480 e. The lowest BCUT2D eigenvalue weighted by atomic mass is 10.0. The first kappa shape index (κ1) is 34.1. The van der Waals surface area contributed by atoms with Crippen LogP contribution in [0.3, 0.4) is 0 Å². The maximum atomic E-state index is 12.1. The highest BCUT2D eigenvalue weighted by Gasteiger charge is 2.19. The number of carboxylic acids is 2. The van der Waals surface area contributed by atoms with E-state index in [1.807, 2.05) is 0 Å². The largest absolute Gasteiger partial charge is 0.480 e. The first-order valence-corrected chi connectivity index (χ1v) is 16.1. The first-order valence-electron chi connectivity index (χ1n) is 13.6. The summed E-state index contributed by atoms with van der Waals surface area (Å²) < 4.78 is 0. The summed E-state index contributed by atoms with van der Waals surface area (Å²) in [5.74, 6) is -1.09. The molecule has 2 unspecified atom stereocenters. The van der Waals surface area contributed by atoms with Gasteiger partial charge < -0.3 is 21.3 Å². The molecule has 0 heterocycles. The Bertz CT molecular complexity index is 552. The van der Waals surface area contributed by atoms with E-state index in [0.29, 0.717) is 30.8 Å². The highest BCUT2D eigenvalue weighted by atomic mass is 33.1. The molecule has 0 spiro atoms. The van der Waals surface area contributed by atoms with Crippen LogP contribution >= 0.6 is 21.6 Å². The fraction of sp³-hybridized carbons (Fsp3) is 0.885. The third-order valence-corrected chi connectivity index (χ3v) is 8.51. The Morgan fingerprint density at radius 1 is 0.686 bits per heavy atom. The average molecular weight is 535 g/mol. The van der Waals surface area contributed by atoms with Crippen LogP contribution in [0.5, 0.6) is 0 Å². The Hall–Kier alpha value is -0.930. The van der Waals surface area contributed by atoms with E-state index in [4.69, 9.17) is 10.8 Å². The molecule has 0 radical (unpaired) electrons. The van der Waals surface area contributed by atoms with E-state index in [2.05, 4.69) is 12.2 Å². The molecule has 0 aliphatic rings. The van der Waals surface area contributed by atoms with Gasteiger partial charge in [0.05, 0.1) is 0 Å². The molecule has 0 aromatic heterocycles. The second-order valence-electron chi connectivity index (χ2n) is 9.32. The van der Waals surface area contributed by atoms with Gasteiger partial charge in [0.1, 0.15) is 12.1 Å². The predicted molar refractivity (Wildman–Crippen MR) is 149 cm³/mol. The molecule has 0 aliphatic carbocycles. The van der Waals surface area contributed by atoms with Crippen LogP contribution < -0.4 is 11.1 Å². The van der Waals surface area contributed by atoms with E-state index in [1.165, 1.54) is 98.6 Å². The summed E-state index contributed by atoms with van der Waals surface area (Å²) in [6.07, 6.45) is 20.1. The third kappa shape index (κ3) is 23.2. The minimum absolute atomic E-state index is 0.197. The standard InChI is InChI=1S/C26H50N2O5S2/c1-2-3-4-5-6-7-8-9-10-11-12-13-14-15-16-17-24(29)28-23(26(32)33)19-21-35-34-20-18-22(27)25(30)31/h22-23H,2-21,27H2,1H3,(H,28,29)(H,30,31)(H,32,33). The molecular formula is C26H50N2O5S2. The van der Waals surface area contributed by atoms with Crippen LogP contribution in [0, 0.1) is 0 Å². The zero-order valence-corrected chi connectivity index (χ0v) is 23.4. The Kier molecular flexibility index (Phi) is 24.1. The number of hydrogen-bond donors (Lipinski definition) is 4. The Labute approximate surface area is 220 Å². The summed E-state index contributed by atoms with van der Waals surface area (Å²) in [7, 11) is 2.94. The molecule has 0 saturated carbocycles. The van der Waals surface area contributed by atoms with Crippen LogP contribution in [0.15, 0.2) is 0 Å². The number of nitrogens with one attached hydrogen (secondary N) is 1. The van der Waals surface area contributed by atoms with Crippen molar-refractivity contribution in [1.29, 1.82) is 0 Å². The molecule has 7 nitrogen and oxygen atoms in total. The molecule has 0 aromatic carbocycles. The summed E-state index contributed by atoms with van der Waals surface area (Å²) in [6.45, 7) is 2.26. The van der Waals surface area contributed by atoms with E-state index < -0.39 is 24.0 Å². The molecule has 9 heteroatoms. The Morgan fingerprint density at radius 3 is 1.54 bits per heavy atom. The maximum absolute atomic E-state index is 12.1. The van der Waals surface area contributed by atoms with Gasteiger partial charge in [0.2, 0.25) is 5.91 Å². The van der Waals surface area contributed by atoms with Crippen molar-refractivity contribution in [2.24, 2.45) is 5.73 Å². The Morgan fingerprint density at radius 2 is 1.11 bits per heavy atom. The van der Waals surface area contributed by atoms with Gasteiger partial charge in [0.25, 0.3) is 0 Å². The topological polar surface area (TPSA) is 130 Å². The monoisotopic (exact) mass is 534 g/mol. The number of unbranched alkanes of at least 4 members (excludes halogenated alkanes) is 14. The maximum Gasteiger partial charge on any atom is 0.326 e. The van der Waals surface area contributed by atoms with Crippen LogP contribution in [0.1, 0.15) is 122 Å². The summed E-state index contributed by atoms with van der Waals surface area (Å²) in [5, 5.41) is 20.7. The van der Waals surface area contributed by atoms with Crippen LogP contribution in [0.2, 0.25) is 0 Å². The number of rotatable bonds is 26. The molecule has 2 atom stereocenters. The smallest absolute Gasteiger partial charge is 0.326 e. The molecule has 0 fully saturated rings. The van der Waals surface area contributed by atoms with Gasteiger partial charge in [-0.3, -0.25) is 9.59 Å². The van der Waals surface area contributed by atoms with E-state index >= 15 is 0 Å². The van der Waals surface area contributed by atoms with Crippen LogP contribution in [-0.2, 0) is 14.4 Å². The lowest BCUT2D eigenvalue weighted by Gasteiger charge is -2.14. The third-order valence-electron chi connectivity index (χ3n) is 6.04. The predicted octanol–water partition coefficient (Wildman–Crippen LogP) is 6.39. The molecule has 0 rings (SSSR count). The highest BCUT2D eigenvalue weighted by Crippen LogP contribution is 2.23. The molecule has 0 aliphatic heterocycles. The number of carbonyl (C=O) groups is 3. The van der Waals surface area contributed by atoms with Gasteiger partial charge in [-0.2, -0.15) is 0 Å². The second kappa shape index (κ2) is 24.8. The molecular weight excluding hydrogens is 484 g/mol. The van der Waals surface area contributed by atoms with Gasteiger partial charge >= 0.3 is 11.9 Å².